The first-order valence-electron chi connectivity index (χ1n) is 6.53. The van der Waals surface area contributed by atoms with E-state index in [1.807, 2.05) is 13.0 Å². The maximum absolute atomic E-state index is 11.9. The zero-order valence-electron chi connectivity index (χ0n) is 11.6. The summed E-state index contributed by atoms with van der Waals surface area (Å²) >= 11 is 0. The fourth-order valence-corrected chi connectivity index (χ4v) is 1.89. The molecule has 0 spiro atoms. The van der Waals surface area contributed by atoms with E-state index in [2.05, 4.69) is 5.32 Å². The molecule has 0 aromatic heterocycles. The van der Waals surface area contributed by atoms with E-state index in [4.69, 9.17) is 14.7 Å². The number of nitrogens with zero attached hydrogens (tertiary/aromatic N) is 2. The van der Waals surface area contributed by atoms with Gasteiger partial charge in [-0.05, 0) is 19.1 Å². The number of ether oxygens (including phenoxy) is 2. The number of hydrogen-bond acceptors (Lipinski definition) is 5. The van der Waals surface area contributed by atoms with Crippen LogP contribution in [0.4, 0.5) is 4.79 Å². The largest absolute Gasteiger partial charge is 0.490 e. The second-order valence-electron chi connectivity index (χ2n) is 4.27. The average molecular weight is 289 g/mol. The second-order valence-corrected chi connectivity index (χ2v) is 4.27. The molecule has 1 aliphatic heterocycles. The Labute approximate surface area is 122 Å². The summed E-state index contributed by atoms with van der Waals surface area (Å²) in [5.74, 6) is 0.343. The third kappa shape index (κ3) is 3.42. The Morgan fingerprint density at radius 3 is 2.86 bits per heavy atom. The lowest BCUT2D eigenvalue weighted by Gasteiger charge is -2.15. The van der Waals surface area contributed by atoms with Gasteiger partial charge in [-0.3, -0.25) is 9.69 Å². The third-order valence-electron chi connectivity index (χ3n) is 2.88. The normalized spacial score (nSPS) is 13.5. The van der Waals surface area contributed by atoms with Crippen LogP contribution in [0.15, 0.2) is 18.2 Å². The lowest BCUT2D eigenvalue weighted by atomic mass is 10.2. The van der Waals surface area contributed by atoms with Crippen molar-refractivity contribution in [3.05, 3.63) is 23.8 Å². The molecule has 110 valence electrons. The highest BCUT2D eigenvalue weighted by Crippen LogP contribution is 2.28. The number of amides is 3. The summed E-state index contributed by atoms with van der Waals surface area (Å²) < 4.78 is 10.8. The smallest absolute Gasteiger partial charge is 0.324 e. The zero-order valence-corrected chi connectivity index (χ0v) is 11.6. The third-order valence-corrected chi connectivity index (χ3v) is 2.88. The number of hydrogen-bond donors (Lipinski definition) is 1. The average Bonchev–Trinajstić information content (AvgIpc) is 2.92. The van der Waals surface area contributed by atoms with Crippen molar-refractivity contribution < 1.29 is 19.1 Å². The summed E-state index contributed by atoms with van der Waals surface area (Å²) in [5.41, 5.74) is 0.441. The predicted molar refractivity (Wildman–Crippen MR) is 72.9 cm³/mol. The molecule has 1 N–H and O–H groups in total. The van der Waals surface area contributed by atoms with E-state index in [1.165, 1.54) is 0 Å². The van der Waals surface area contributed by atoms with E-state index in [0.29, 0.717) is 36.8 Å². The molecule has 1 aromatic rings. The molecule has 21 heavy (non-hydrogen) atoms. The zero-order chi connectivity index (χ0) is 15.2. The monoisotopic (exact) mass is 289 g/mol. The molecule has 0 saturated carbocycles. The summed E-state index contributed by atoms with van der Waals surface area (Å²) in [7, 11) is 0. The van der Waals surface area contributed by atoms with Gasteiger partial charge < -0.3 is 14.8 Å². The molecule has 0 radical (unpaired) electrons. The van der Waals surface area contributed by atoms with Gasteiger partial charge in [0.05, 0.1) is 18.2 Å². The molecule has 2 rings (SSSR count). The molecule has 1 saturated heterocycles. The molecule has 0 bridgehead atoms. The summed E-state index contributed by atoms with van der Waals surface area (Å²) in [5, 5.41) is 11.4. The first-order valence-corrected chi connectivity index (χ1v) is 6.53. The van der Waals surface area contributed by atoms with Crippen LogP contribution < -0.4 is 14.8 Å². The highest BCUT2D eigenvalue weighted by Gasteiger charge is 2.26. The first kappa shape index (κ1) is 14.7. The van der Waals surface area contributed by atoms with Crippen molar-refractivity contribution >= 4 is 11.9 Å². The number of rotatable bonds is 5. The molecule has 1 fully saturated rings. The van der Waals surface area contributed by atoms with E-state index < -0.39 is 11.9 Å². The standard InChI is InChI=1S/C14H15N3O4/c1-2-20-12-7-10(8-15)3-4-11(12)21-9-13(18)17-6-5-16-14(17)19/h3-4,7H,2,5-6,9H2,1H3,(H,16,19). The summed E-state index contributed by atoms with van der Waals surface area (Å²) in [4.78, 5) is 24.3. The Morgan fingerprint density at radius 2 is 2.24 bits per heavy atom. The van der Waals surface area contributed by atoms with E-state index in [9.17, 15) is 9.59 Å². The van der Waals surface area contributed by atoms with Crippen molar-refractivity contribution in [2.45, 2.75) is 6.92 Å². The van der Waals surface area contributed by atoms with Crippen molar-refractivity contribution in [3.63, 3.8) is 0 Å². The summed E-state index contributed by atoms with van der Waals surface area (Å²) in [6, 6.07) is 6.29. The Balaban J connectivity index is 2.04. The number of nitrogens with one attached hydrogen (secondary N) is 1. The van der Waals surface area contributed by atoms with Crippen molar-refractivity contribution in [1.29, 1.82) is 5.26 Å². The first-order chi connectivity index (χ1) is 10.2. The van der Waals surface area contributed by atoms with Gasteiger partial charge in [-0.25, -0.2) is 4.79 Å². The second kappa shape index (κ2) is 6.61. The minimum atomic E-state index is -0.420. The molecule has 0 unspecified atom stereocenters. The maximum atomic E-state index is 11.9. The topological polar surface area (TPSA) is 91.7 Å². The number of urea groups is 1. The number of carbonyl (C=O) groups is 2. The Bertz CT molecular complexity index is 594. The van der Waals surface area contributed by atoms with Crippen molar-refractivity contribution in [3.8, 4) is 17.6 Å². The van der Waals surface area contributed by atoms with E-state index in [0.717, 1.165) is 4.90 Å². The Kier molecular flexibility index (Phi) is 4.61. The molecular formula is C14H15N3O4. The summed E-state index contributed by atoms with van der Waals surface area (Å²) in [6.07, 6.45) is 0. The molecule has 7 heteroatoms. The SMILES string of the molecule is CCOc1cc(C#N)ccc1OCC(=O)N1CCNC1=O. The molecule has 0 atom stereocenters. The van der Waals surface area contributed by atoms with E-state index in [-0.39, 0.29) is 6.61 Å². The van der Waals surface area contributed by atoms with Crippen molar-refractivity contribution in [1.82, 2.24) is 10.2 Å². The molecule has 7 nitrogen and oxygen atoms in total. The minimum absolute atomic E-state index is 0.264. The molecule has 0 aliphatic carbocycles. The van der Waals surface area contributed by atoms with Crippen LogP contribution in [0.5, 0.6) is 11.5 Å². The quantitative estimate of drug-likeness (QED) is 0.869. The van der Waals surface area contributed by atoms with Crippen LogP contribution in [0.1, 0.15) is 12.5 Å². The summed E-state index contributed by atoms with van der Waals surface area (Å²) in [6.45, 7) is 2.74. The van der Waals surface area contributed by atoms with Crippen LogP contribution in [0.3, 0.4) is 0 Å². The van der Waals surface area contributed by atoms with Gasteiger partial charge in [-0.1, -0.05) is 0 Å². The maximum Gasteiger partial charge on any atom is 0.324 e. The lowest BCUT2D eigenvalue weighted by molar-refractivity contribution is -0.129. The minimum Gasteiger partial charge on any atom is -0.490 e. The van der Waals surface area contributed by atoms with Gasteiger partial charge in [-0.15, -0.1) is 0 Å². The Hall–Kier alpha value is -2.75. The predicted octanol–water partition coefficient (Wildman–Crippen LogP) is 0.888. The van der Waals surface area contributed by atoms with Gasteiger partial charge in [0.1, 0.15) is 0 Å². The van der Waals surface area contributed by atoms with Gasteiger partial charge in [0.2, 0.25) is 0 Å². The van der Waals surface area contributed by atoms with Crippen LogP contribution in [0.2, 0.25) is 0 Å². The number of imide groups is 1. The van der Waals surface area contributed by atoms with Crippen LogP contribution in [-0.2, 0) is 4.79 Å². The van der Waals surface area contributed by atoms with Crippen LogP contribution in [-0.4, -0.2) is 43.1 Å². The van der Waals surface area contributed by atoms with Crippen molar-refractivity contribution in [2.24, 2.45) is 0 Å². The lowest BCUT2D eigenvalue weighted by Crippen LogP contribution is -2.37. The molecule has 1 aliphatic rings. The number of carbonyl (C=O) groups excluding carboxylic acids is 2. The van der Waals surface area contributed by atoms with Crippen LogP contribution in [0, 0.1) is 11.3 Å². The van der Waals surface area contributed by atoms with Crippen LogP contribution >= 0.6 is 0 Å². The highest BCUT2D eigenvalue weighted by molar-refractivity contribution is 5.96. The molecule has 1 aromatic carbocycles. The van der Waals surface area contributed by atoms with Gasteiger partial charge in [0.25, 0.3) is 5.91 Å². The number of benzene rings is 1. The fraction of sp³-hybridized carbons (Fsp3) is 0.357. The van der Waals surface area contributed by atoms with E-state index >= 15 is 0 Å². The Morgan fingerprint density at radius 1 is 1.43 bits per heavy atom. The molecular weight excluding hydrogens is 274 g/mol. The molecule has 1 heterocycles. The number of nitriles is 1. The van der Waals surface area contributed by atoms with Gasteiger partial charge in [0, 0.05) is 19.2 Å². The van der Waals surface area contributed by atoms with E-state index in [1.54, 1.807) is 18.2 Å². The van der Waals surface area contributed by atoms with Gasteiger partial charge in [-0.2, -0.15) is 5.26 Å². The van der Waals surface area contributed by atoms with Gasteiger partial charge >= 0.3 is 6.03 Å². The van der Waals surface area contributed by atoms with Crippen molar-refractivity contribution in [2.75, 3.05) is 26.3 Å². The molecule has 3 amide bonds. The van der Waals surface area contributed by atoms with Crippen LogP contribution in [0.25, 0.3) is 0 Å². The van der Waals surface area contributed by atoms with Gasteiger partial charge in [0.15, 0.2) is 18.1 Å². The highest BCUT2D eigenvalue weighted by atomic mass is 16.5. The fourth-order valence-electron chi connectivity index (χ4n) is 1.89.